The highest BCUT2D eigenvalue weighted by atomic mass is 32.2. The summed E-state index contributed by atoms with van der Waals surface area (Å²) >= 11 is 8.13. The van der Waals surface area contributed by atoms with Crippen LogP contribution in [0.2, 0.25) is 0 Å². The molecule has 0 fully saturated rings. The van der Waals surface area contributed by atoms with E-state index in [1.54, 1.807) is 19.2 Å². The van der Waals surface area contributed by atoms with E-state index in [0.29, 0.717) is 37.4 Å². The predicted molar refractivity (Wildman–Crippen MR) is 161 cm³/mol. The van der Waals surface area contributed by atoms with Crippen LogP contribution in [0.3, 0.4) is 0 Å². The summed E-state index contributed by atoms with van der Waals surface area (Å²) in [6, 6.07) is 25.1. The van der Waals surface area contributed by atoms with Crippen LogP contribution in [-0.2, 0) is 11.2 Å². The normalized spacial score (nSPS) is 11.0. The number of rotatable bonds is 9. The molecule has 3 aromatic carbocycles. The second-order valence-electron chi connectivity index (χ2n) is 8.72. The van der Waals surface area contributed by atoms with Gasteiger partial charge in [-0.3, -0.25) is 18.7 Å². The van der Waals surface area contributed by atoms with Crippen molar-refractivity contribution in [1.82, 2.24) is 19.4 Å². The number of nitrogens with zero attached hydrogens (tertiary/aromatic N) is 3. The van der Waals surface area contributed by atoms with E-state index in [-0.39, 0.29) is 17.2 Å². The summed E-state index contributed by atoms with van der Waals surface area (Å²) in [4.78, 5) is 31.7. The SMILES string of the molecule is COc1ccccc1-n1c(SCC(=O)NCCc2ccccc2)nc2c(sc(=S)n2-c2ccccc2C)c1=O. The Labute approximate surface area is 239 Å². The molecule has 198 valence electrons. The van der Waals surface area contributed by atoms with Crippen molar-refractivity contribution < 1.29 is 9.53 Å². The molecule has 5 rings (SSSR count). The molecular weight excluding hydrogens is 549 g/mol. The monoisotopic (exact) mass is 574 g/mol. The topological polar surface area (TPSA) is 78.2 Å². The average Bonchev–Trinajstić information content (AvgIpc) is 3.28. The van der Waals surface area contributed by atoms with Gasteiger partial charge in [-0.1, -0.05) is 83.8 Å². The van der Waals surface area contributed by atoms with Crippen molar-refractivity contribution in [3.05, 3.63) is 104 Å². The maximum Gasteiger partial charge on any atom is 0.278 e. The fourth-order valence-corrected chi connectivity index (χ4v) is 6.37. The third-order valence-electron chi connectivity index (χ3n) is 6.17. The highest BCUT2D eigenvalue weighted by molar-refractivity contribution is 7.99. The summed E-state index contributed by atoms with van der Waals surface area (Å²) in [6.07, 6.45) is 0.736. The predicted octanol–water partition coefficient (Wildman–Crippen LogP) is 5.74. The van der Waals surface area contributed by atoms with Crippen LogP contribution in [0.4, 0.5) is 0 Å². The summed E-state index contributed by atoms with van der Waals surface area (Å²) in [5.41, 5.74) is 3.79. The molecule has 0 atom stereocenters. The van der Waals surface area contributed by atoms with Crippen LogP contribution >= 0.6 is 35.3 Å². The molecule has 1 N–H and O–H groups in total. The van der Waals surface area contributed by atoms with Gasteiger partial charge in [0.25, 0.3) is 5.56 Å². The van der Waals surface area contributed by atoms with Gasteiger partial charge in [-0.2, -0.15) is 0 Å². The van der Waals surface area contributed by atoms with Gasteiger partial charge in [0.15, 0.2) is 14.8 Å². The summed E-state index contributed by atoms with van der Waals surface area (Å²) in [5.74, 6) is 0.478. The maximum atomic E-state index is 14.0. The number of aromatic nitrogens is 3. The highest BCUT2D eigenvalue weighted by Gasteiger charge is 2.21. The Balaban J connectivity index is 1.54. The molecule has 0 saturated heterocycles. The van der Waals surface area contributed by atoms with Gasteiger partial charge in [-0.15, -0.1) is 0 Å². The summed E-state index contributed by atoms with van der Waals surface area (Å²) < 4.78 is 9.86. The fraction of sp³-hybridized carbons (Fsp3) is 0.172. The minimum absolute atomic E-state index is 0.0944. The number of ether oxygens (including phenoxy) is 1. The van der Waals surface area contributed by atoms with E-state index in [2.05, 4.69) is 5.32 Å². The molecule has 0 saturated carbocycles. The molecule has 0 unspecified atom stereocenters. The molecule has 39 heavy (non-hydrogen) atoms. The molecular formula is C29H26N4O3S3. The average molecular weight is 575 g/mol. The number of carbonyl (C=O) groups is 1. The number of thiazole rings is 1. The molecule has 2 heterocycles. The smallest absolute Gasteiger partial charge is 0.278 e. The van der Waals surface area contributed by atoms with Crippen LogP contribution in [0.15, 0.2) is 88.8 Å². The lowest BCUT2D eigenvalue weighted by molar-refractivity contribution is -0.118. The second-order valence-corrected chi connectivity index (χ2v) is 11.3. The molecule has 0 aliphatic heterocycles. The molecule has 0 spiro atoms. The third kappa shape index (κ3) is 5.68. The Morgan fingerprint density at radius 2 is 1.69 bits per heavy atom. The minimum atomic E-state index is -0.264. The van der Waals surface area contributed by atoms with E-state index in [1.165, 1.54) is 27.7 Å². The number of hydrogen-bond acceptors (Lipinski definition) is 7. The number of benzene rings is 3. The van der Waals surface area contributed by atoms with Gasteiger partial charge >= 0.3 is 0 Å². The first-order valence-electron chi connectivity index (χ1n) is 12.3. The van der Waals surface area contributed by atoms with Crippen LogP contribution in [0.1, 0.15) is 11.1 Å². The van der Waals surface area contributed by atoms with E-state index in [0.717, 1.165) is 23.2 Å². The van der Waals surface area contributed by atoms with Crippen molar-refractivity contribution in [2.45, 2.75) is 18.5 Å². The van der Waals surface area contributed by atoms with Crippen molar-refractivity contribution in [3.63, 3.8) is 0 Å². The van der Waals surface area contributed by atoms with Crippen molar-refractivity contribution in [2.75, 3.05) is 19.4 Å². The van der Waals surface area contributed by atoms with Crippen molar-refractivity contribution in [1.29, 1.82) is 0 Å². The Morgan fingerprint density at radius 3 is 2.44 bits per heavy atom. The Hall–Kier alpha value is -3.73. The van der Waals surface area contributed by atoms with Gasteiger partial charge in [0.1, 0.15) is 10.4 Å². The van der Waals surface area contributed by atoms with Crippen LogP contribution in [0.25, 0.3) is 21.7 Å². The zero-order chi connectivity index (χ0) is 27.4. The molecule has 0 bridgehead atoms. The lowest BCUT2D eigenvalue weighted by atomic mass is 10.1. The first-order valence-corrected chi connectivity index (χ1v) is 14.5. The van der Waals surface area contributed by atoms with Gasteiger partial charge in [0.05, 0.1) is 24.2 Å². The van der Waals surface area contributed by atoms with E-state index < -0.39 is 0 Å². The van der Waals surface area contributed by atoms with Gasteiger partial charge in [-0.05, 0) is 54.9 Å². The van der Waals surface area contributed by atoms with E-state index >= 15 is 0 Å². The van der Waals surface area contributed by atoms with E-state index in [9.17, 15) is 9.59 Å². The highest BCUT2D eigenvalue weighted by Crippen LogP contribution is 2.30. The van der Waals surface area contributed by atoms with Gasteiger partial charge in [-0.25, -0.2) is 4.98 Å². The number of fused-ring (bicyclic) bond motifs is 1. The number of nitrogens with one attached hydrogen (secondary N) is 1. The zero-order valence-electron chi connectivity index (χ0n) is 21.4. The van der Waals surface area contributed by atoms with Gasteiger partial charge < -0.3 is 10.1 Å². The van der Waals surface area contributed by atoms with Crippen LogP contribution in [0, 0.1) is 10.9 Å². The lowest BCUT2D eigenvalue weighted by Gasteiger charge is -2.15. The van der Waals surface area contributed by atoms with Crippen molar-refractivity contribution in [3.8, 4) is 17.1 Å². The van der Waals surface area contributed by atoms with Crippen LogP contribution in [0.5, 0.6) is 5.75 Å². The van der Waals surface area contributed by atoms with Crippen LogP contribution in [-0.4, -0.2) is 39.4 Å². The third-order valence-corrected chi connectivity index (χ3v) is 8.46. The number of aryl methyl sites for hydroxylation is 1. The number of carbonyl (C=O) groups excluding carboxylic acids is 1. The Bertz CT molecular complexity index is 1760. The Morgan fingerprint density at radius 1 is 1.00 bits per heavy atom. The lowest BCUT2D eigenvalue weighted by Crippen LogP contribution is -2.28. The maximum absolute atomic E-state index is 14.0. The molecule has 0 aliphatic rings. The largest absolute Gasteiger partial charge is 0.495 e. The first-order chi connectivity index (χ1) is 19.0. The molecule has 2 aromatic heterocycles. The van der Waals surface area contributed by atoms with Gasteiger partial charge in [0, 0.05) is 6.54 Å². The zero-order valence-corrected chi connectivity index (χ0v) is 23.9. The second kappa shape index (κ2) is 12.0. The number of hydrogen-bond donors (Lipinski definition) is 1. The number of amides is 1. The molecule has 5 aromatic rings. The summed E-state index contributed by atoms with van der Waals surface area (Å²) in [7, 11) is 1.56. The quantitative estimate of drug-likeness (QED) is 0.138. The number of thioether (sulfide) groups is 1. The first kappa shape index (κ1) is 26.9. The molecule has 10 heteroatoms. The fourth-order valence-electron chi connectivity index (χ4n) is 4.26. The molecule has 0 radical (unpaired) electrons. The van der Waals surface area contributed by atoms with E-state index in [4.69, 9.17) is 21.9 Å². The molecule has 0 aliphatic carbocycles. The number of para-hydroxylation sites is 3. The van der Waals surface area contributed by atoms with Crippen LogP contribution < -0.4 is 15.6 Å². The minimum Gasteiger partial charge on any atom is -0.495 e. The molecule has 1 amide bonds. The molecule has 7 nitrogen and oxygen atoms in total. The number of methoxy groups -OCH3 is 1. The standard InChI is InChI=1S/C29H26N4O3S3/c1-19-10-6-7-13-21(19)32-26-25(39-29(32)37)27(35)33(22-14-8-9-15-23(22)36-2)28(31-26)38-18-24(34)30-17-16-20-11-4-3-5-12-20/h3-15H,16-18H2,1-2H3,(H,30,34). The summed E-state index contributed by atoms with van der Waals surface area (Å²) in [5, 5.41) is 3.34. The van der Waals surface area contributed by atoms with Crippen molar-refractivity contribution in [2.24, 2.45) is 0 Å². The van der Waals surface area contributed by atoms with Gasteiger partial charge in [0.2, 0.25) is 5.91 Å². The van der Waals surface area contributed by atoms with E-state index in [1.807, 2.05) is 78.2 Å². The Kier molecular flexibility index (Phi) is 8.25. The van der Waals surface area contributed by atoms with Crippen molar-refractivity contribution >= 4 is 51.6 Å². The summed E-state index contributed by atoms with van der Waals surface area (Å²) in [6.45, 7) is 2.51.